The Morgan fingerprint density at radius 3 is 2.62 bits per heavy atom. The summed E-state index contributed by atoms with van der Waals surface area (Å²) in [6, 6.07) is 3.68. The first kappa shape index (κ1) is 15.6. The Morgan fingerprint density at radius 1 is 1.29 bits per heavy atom. The van der Waals surface area contributed by atoms with Gasteiger partial charge in [0.05, 0.1) is 11.6 Å². The summed E-state index contributed by atoms with van der Waals surface area (Å²) < 4.78 is 51.1. The minimum absolute atomic E-state index is 0.0662. The lowest BCUT2D eigenvalue weighted by Gasteiger charge is -2.29. The second-order valence-electron chi connectivity index (χ2n) is 5.33. The van der Waals surface area contributed by atoms with Crippen molar-refractivity contribution in [1.29, 1.82) is 0 Å². The van der Waals surface area contributed by atoms with E-state index in [2.05, 4.69) is 5.32 Å². The molecular weight excluding hydrogens is 288 g/mol. The summed E-state index contributed by atoms with van der Waals surface area (Å²) in [5.41, 5.74) is 5.54. The summed E-state index contributed by atoms with van der Waals surface area (Å²) in [6.45, 7) is 0. The first-order valence-electron chi connectivity index (χ1n) is 6.70. The lowest BCUT2D eigenvalue weighted by Crippen LogP contribution is -2.34. The van der Waals surface area contributed by atoms with Crippen LogP contribution in [0.25, 0.3) is 0 Å². The number of nitrogens with two attached hydrogens (primary N) is 1. The maximum atomic E-state index is 13.0. The molecule has 0 heterocycles. The quantitative estimate of drug-likeness (QED) is 0.646. The molecule has 0 aliphatic heterocycles. The van der Waals surface area contributed by atoms with Crippen molar-refractivity contribution in [3.8, 4) is 0 Å². The Balaban J connectivity index is 2.01. The molecule has 1 fully saturated rings. The highest BCUT2D eigenvalue weighted by molar-refractivity contribution is 5.93. The van der Waals surface area contributed by atoms with Crippen LogP contribution in [0.2, 0.25) is 0 Å². The standard InChI is InChI=1S/C14H16F4N2O/c15-11-5-4-10(7-12(11)19)20-13(21)8-2-1-3-9(6-8)14(16,17)18/h4-5,7-9H,1-3,6,19H2,(H,20,21). The van der Waals surface area contributed by atoms with E-state index in [1.807, 2.05) is 0 Å². The van der Waals surface area contributed by atoms with Gasteiger partial charge in [0.15, 0.2) is 0 Å². The number of benzene rings is 1. The summed E-state index contributed by atoms with van der Waals surface area (Å²) >= 11 is 0. The Hall–Kier alpha value is -1.79. The molecule has 0 saturated heterocycles. The van der Waals surface area contributed by atoms with E-state index >= 15 is 0 Å². The van der Waals surface area contributed by atoms with Crippen molar-refractivity contribution >= 4 is 17.3 Å². The van der Waals surface area contributed by atoms with Gasteiger partial charge < -0.3 is 11.1 Å². The highest BCUT2D eigenvalue weighted by Gasteiger charge is 2.43. The molecule has 1 saturated carbocycles. The molecular formula is C14H16F4N2O. The van der Waals surface area contributed by atoms with E-state index in [9.17, 15) is 22.4 Å². The van der Waals surface area contributed by atoms with Crippen LogP contribution in [-0.2, 0) is 4.79 Å². The summed E-state index contributed by atoms with van der Waals surface area (Å²) in [5.74, 6) is -3.20. The van der Waals surface area contributed by atoms with Gasteiger partial charge in [0.25, 0.3) is 0 Å². The highest BCUT2D eigenvalue weighted by atomic mass is 19.4. The van der Waals surface area contributed by atoms with Gasteiger partial charge in [-0.3, -0.25) is 4.79 Å². The Bertz CT molecular complexity index is 530. The average Bonchev–Trinajstić information content (AvgIpc) is 2.42. The van der Waals surface area contributed by atoms with Gasteiger partial charge in [-0.1, -0.05) is 6.42 Å². The van der Waals surface area contributed by atoms with Crippen molar-refractivity contribution in [1.82, 2.24) is 0 Å². The number of carbonyl (C=O) groups excluding carboxylic acids is 1. The van der Waals surface area contributed by atoms with Crippen LogP contribution in [0.4, 0.5) is 28.9 Å². The Kier molecular flexibility index (Phi) is 4.39. The van der Waals surface area contributed by atoms with Crippen LogP contribution in [0.3, 0.4) is 0 Å². The number of carbonyl (C=O) groups is 1. The Labute approximate surface area is 119 Å². The van der Waals surface area contributed by atoms with Gasteiger partial charge in [-0.25, -0.2) is 4.39 Å². The molecule has 2 atom stereocenters. The highest BCUT2D eigenvalue weighted by Crippen LogP contribution is 2.40. The Morgan fingerprint density at radius 2 is 2.00 bits per heavy atom. The molecule has 0 radical (unpaired) electrons. The molecule has 0 aromatic heterocycles. The van der Waals surface area contributed by atoms with Crippen LogP contribution in [0, 0.1) is 17.7 Å². The van der Waals surface area contributed by atoms with Crippen molar-refractivity contribution in [3.05, 3.63) is 24.0 Å². The SMILES string of the molecule is Nc1cc(NC(=O)C2CCCC(C(F)(F)F)C2)ccc1F. The molecule has 1 aliphatic rings. The molecule has 1 aromatic carbocycles. The normalized spacial score (nSPS) is 22.9. The zero-order valence-electron chi connectivity index (χ0n) is 11.2. The number of amides is 1. The molecule has 7 heteroatoms. The summed E-state index contributed by atoms with van der Waals surface area (Å²) in [4.78, 5) is 12.0. The van der Waals surface area contributed by atoms with E-state index in [4.69, 9.17) is 5.73 Å². The van der Waals surface area contributed by atoms with Crippen molar-refractivity contribution in [2.75, 3.05) is 11.1 Å². The van der Waals surface area contributed by atoms with Crippen molar-refractivity contribution in [2.24, 2.45) is 11.8 Å². The first-order chi connectivity index (χ1) is 9.77. The molecule has 1 amide bonds. The fourth-order valence-electron chi connectivity index (χ4n) is 2.59. The molecule has 1 aliphatic carbocycles. The number of nitrogen functional groups attached to an aromatic ring is 1. The first-order valence-corrected chi connectivity index (χ1v) is 6.70. The molecule has 0 bridgehead atoms. The number of hydrogen-bond donors (Lipinski definition) is 2. The van der Waals surface area contributed by atoms with E-state index in [-0.39, 0.29) is 24.2 Å². The van der Waals surface area contributed by atoms with E-state index in [1.54, 1.807) is 0 Å². The van der Waals surface area contributed by atoms with Crippen molar-refractivity contribution < 1.29 is 22.4 Å². The summed E-state index contributed by atoms with van der Waals surface area (Å²) in [7, 11) is 0. The number of alkyl halides is 3. The number of halogens is 4. The topological polar surface area (TPSA) is 55.1 Å². The van der Waals surface area contributed by atoms with Gasteiger partial charge in [-0.15, -0.1) is 0 Å². The van der Waals surface area contributed by atoms with Gasteiger partial charge in [-0.05, 0) is 37.5 Å². The number of hydrogen-bond acceptors (Lipinski definition) is 2. The van der Waals surface area contributed by atoms with E-state index in [1.165, 1.54) is 12.1 Å². The van der Waals surface area contributed by atoms with Crippen LogP contribution >= 0.6 is 0 Å². The summed E-state index contributed by atoms with van der Waals surface area (Å²) in [5, 5.41) is 2.50. The van der Waals surface area contributed by atoms with E-state index in [0.717, 1.165) is 6.07 Å². The lowest BCUT2D eigenvalue weighted by molar-refractivity contribution is -0.185. The molecule has 3 N–H and O–H groups in total. The molecule has 2 rings (SSSR count). The largest absolute Gasteiger partial charge is 0.396 e. The number of anilines is 2. The molecule has 2 unspecified atom stereocenters. The van der Waals surface area contributed by atoms with Gasteiger partial charge in [0.1, 0.15) is 5.82 Å². The van der Waals surface area contributed by atoms with Crippen LogP contribution < -0.4 is 11.1 Å². The maximum Gasteiger partial charge on any atom is 0.391 e. The van der Waals surface area contributed by atoms with E-state index < -0.39 is 29.7 Å². The number of nitrogens with one attached hydrogen (secondary N) is 1. The average molecular weight is 304 g/mol. The fraction of sp³-hybridized carbons (Fsp3) is 0.500. The maximum absolute atomic E-state index is 13.0. The summed E-state index contributed by atoms with van der Waals surface area (Å²) in [6.07, 6.45) is -3.61. The third-order valence-corrected chi connectivity index (χ3v) is 3.77. The van der Waals surface area contributed by atoms with Crippen LogP contribution in [-0.4, -0.2) is 12.1 Å². The van der Waals surface area contributed by atoms with Gasteiger partial charge in [0.2, 0.25) is 5.91 Å². The molecule has 0 spiro atoms. The van der Waals surface area contributed by atoms with Crippen molar-refractivity contribution in [3.63, 3.8) is 0 Å². The predicted molar refractivity (Wildman–Crippen MR) is 70.9 cm³/mol. The van der Waals surface area contributed by atoms with Gasteiger partial charge >= 0.3 is 6.18 Å². The predicted octanol–water partition coefficient (Wildman–Crippen LogP) is 3.72. The zero-order chi connectivity index (χ0) is 15.6. The second-order valence-corrected chi connectivity index (χ2v) is 5.33. The smallest absolute Gasteiger partial charge is 0.391 e. The minimum atomic E-state index is -4.26. The van der Waals surface area contributed by atoms with Crippen LogP contribution in [0.15, 0.2) is 18.2 Å². The van der Waals surface area contributed by atoms with E-state index in [0.29, 0.717) is 12.8 Å². The zero-order valence-corrected chi connectivity index (χ0v) is 11.2. The molecule has 1 aromatic rings. The molecule has 116 valence electrons. The van der Waals surface area contributed by atoms with Crippen LogP contribution in [0.1, 0.15) is 25.7 Å². The minimum Gasteiger partial charge on any atom is -0.396 e. The van der Waals surface area contributed by atoms with Crippen LogP contribution in [0.5, 0.6) is 0 Å². The molecule has 21 heavy (non-hydrogen) atoms. The van der Waals surface area contributed by atoms with Gasteiger partial charge in [0, 0.05) is 11.6 Å². The fourth-order valence-corrected chi connectivity index (χ4v) is 2.59. The monoisotopic (exact) mass is 304 g/mol. The van der Waals surface area contributed by atoms with Crippen molar-refractivity contribution in [2.45, 2.75) is 31.9 Å². The van der Waals surface area contributed by atoms with Gasteiger partial charge in [-0.2, -0.15) is 13.2 Å². The number of rotatable bonds is 2. The molecule has 3 nitrogen and oxygen atoms in total. The second kappa shape index (κ2) is 5.91. The lowest BCUT2D eigenvalue weighted by atomic mass is 9.80. The third kappa shape index (κ3) is 3.86. The third-order valence-electron chi connectivity index (χ3n) is 3.77.